The molecule has 0 spiro atoms. The molecule has 2 heteroatoms. The van der Waals surface area contributed by atoms with Crippen LogP contribution < -0.4 is 0 Å². The highest BCUT2D eigenvalue weighted by Gasteiger charge is 2.40. The van der Waals surface area contributed by atoms with E-state index in [4.69, 9.17) is 9.47 Å². The molecule has 0 bridgehead atoms. The maximum absolute atomic E-state index is 5.96. The summed E-state index contributed by atoms with van der Waals surface area (Å²) >= 11 is 0. The first kappa shape index (κ1) is 12.6. The van der Waals surface area contributed by atoms with Crippen molar-refractivity contribution in [1.29, 1.82) is 0 Å². The molecule has 1 fully saturated rings. The lowest BCUT2D eigenvalue weighted by Gasteiger charge is -2.31. The van der Waals surface area contributed by atoms with E-state index in [9.17, 15) is 0 Å². The third kappa shape index (κ3) is 2.12. The second-order valence-corrected chi connectivity index (χ2v) is 4.90. The van der Waals surface area contributed by atoms with Crippen LogP contribution in [0.3, 0.4) is 0 Å². The van der Waals surface area contributed by atoms with E-state index in [1.54, 1.807) is 0 Å². The number of ether oxygens (including phenoxy) is 2. The van der Waals surface area contributed by atoms with Crippen LogP contribution in [0.25, 0.3) is 0 Å². The minimum Gasteiger partial charge on any atom is -0.343 e. The Kier molecular flexibility index (Phi) is 3.55. The van der Waals surface area contributed by atoms with Gasteiger partial charge in [-0.3, -0.25) is 0 Å². The lowest BCUT2D eigenvalue weighted by Crippen LogP contribution is -2.29. The van der Waals surface area contributed by atoms with E-state index < -0.39 is 5.79 Å². The van der Waals surface area contributed by atoms with Gasteiger partial charge in [-0.05, 0) is 37.5 Å². The first-order valence-electron chi connectivity index (χ1n) is 6.46. The van der Waals surface area contributed by atoms with Crippen molar-refractivity contribution in [3.8, 4) is 0 Å². The van der Waals surface area contributed by atoms with Gasteiger partial charge < -0.3 is 9.47 Å². The molecule has 0 N–H and O–H groups in total. The molecule has 94 valence electrons. The lowest BCUT2D eigenvalue weighted by molar-refractivity contribution is -0.171. The minimum atomic E-state index is -0.491. The smallest absolute Gasteiger partial charge is 0.195 e. The summed E-state index contributed by atoms with van der Waals surface area (Å²) in [6, 6.07) is 4.34. The summed E-state index contributed by atoms with van der Waals surface area (Å²) in [4.78, 5) is 0. The van der Waals surface area contributed by atoms with E-state index in [-0.39, 0.29) is 0 Å². The molecule has 0 amide bonds. The van der Waals surface area contributed by atoms with Crippen LogP contribution in [-0.4, -0.2) is 13.2 Å². The summed E-state index contributed by atoms with van der Waals surface area (Å²) in [5.41, 5.74) is 5.13. The summed E-state index contributed by atoms with van der Waals surface area (Å²) in [6.07, 6.45) is 1.99. The maximum Gasteiger partial charge on any atom is 0.195 e. The summed E-state index contributed by atoms with van der Waals surface area (Å²) in [5, 5.41) is 0. The highest BCUT2D eigenvalue weighted by atomic mass is 16.7. The Morgan fingerprint density at radius 1 is 1.06 bits per heavy atom. The molecule has 1 heterocycles. The van der Waals surface area contributed by atoms with Gasteiger partial charge in [0.05, 0.1) is 13.2 Å². The van der Waals surface area contributed by atoms with Gasteiger partial charge in [-0.1, -0.05) is 25.5 Å². The van der Waals surface area contributed by atoms with Crippen molar-refractivity contribution < 1.29 is 9.47 Å². The monoisotopic (exact) mass is 234 g/mol. The standard InChI is InChI=1S/C15H22O2/c1-5-8-15(16-9-10-17-15)14-12(3)7-6-11(2)13(14)4/h6-7H,5,8-10H2,1-4H3. The predicted octanol–water partition coefficient (Wildman–Crippen LogP) is 3.61. The summed E-state index contributed by atoms with van der Waals surface area (Å²) in [7, 11) is 0. The molecule has 0 unspecified atom stereocenters. The van der Waals surface area contributed by atoms with E-state index >= 15 is 0 Å². The topological polar surface area (TPSA) is 18.5 Å². The zero-order chi connectivity index (χ0) is 12.5. The number of benzene rings is 1. The molecule has 0 atom stereocenters. The van der Waals surface area contributed by atoms with Gasteiger partial charge in [-0.2, -0.15) is 0 Å². The average Bonchev–Trinajstić information content (AvgIpc) is 2.74. The molecule has 0 saturated carbocycles. The van der Waals surface area contributed by atoms with Crippen LogP contribution in [0.5, 0.6) is 0 Å². The van der Waals surface area contributed by atoms with E-state index in [2.05, 4.69) is 39.8 Å². The second kappa shape index (κ2) is 4.79. The quantitative estimate of drug-likeness (QED) is 0.795. The highest BCUT2D eigenvalue weighted by molar-refractivity contribution is 5.42. The fourth-order valence-corrected chi connectivity index (χ4v) is 2.73. The van der Waals surface area contributed by atoms with Gasteiger partial charge in [-0.15, -0.1) is 0 Å². The molecule has 2 rings (SSSR count). The van der Waals surface area contributed by atoms with Crippen LogP contribution in [0, 0.1) is 20.8 Å². The fraction of sp³-hybridized carbons (Fsp3) is 0.600. The average molecular weight is 234 g/mol. The van der Waals surface area contributed by atoms with Crippen LogP contribution in [0.2, 0.25) is 0 Å². The second-order valence-electron chi connectivity index (χ2n) is 4.90. The molecule has 2 nitrogen and oxygen atoms in total. The molecule has 0 aliphatic carbocycles. The van der Waals surface area contributed by atoms with Crippen LogP contribution >= 0.6 is 0 Å². The molecule has 17 heavy (non-hydrogen) atoms. The molecule has 0 radical (unpaired) electrons. The SMILES string of the molecule is CCCC1(c2c(C)ccc(C)c2C)OCCO1. The van der Waals surface area contributed by atoms with Crippen LogP contribution in [0.4, 0.5) is 0 Å². The summed E-state index contributed by atoms with van der Waals surface area (Å²) in [5.74, 6) is -0.491. The Balaban J connectivity index is 2.53. The molecule has 1 aromatic rings. The summed E-state index contributed by atoms with van der Waals surface area (Å²) in [6.45, 7) is 10.0. The van der Waals surface area contributed by atoms with E-state index in [0.29, 0.717) is 13.2 Å². The van der Waals surface area contributed by atoms with Gasteiger partial charge in [0, 0.05) is 12.0 Å². The van der Waals surface area contributed by atoms with Gasteiger partial charge in [0.2, 0.25) is 0 Å². The van der Waals surface area contributed by atoms with Gasteiger partial charge in [0.15, 0.2) is 5.79 Å². The highest BCUT2D eigenvalue weighted by Crippen LogP contribution is 2.40. The first-order valence-corrected chi connectivity index (χ1v) is 6.46. The Labute approximate surface area is 104 Å². The number of rotatable bonds is 3. The van der Waals surface area contributed by atoms with Crippen molar-refractivity contribution >= 4 is 0 Å². The van der Waals surface area contributed by atoms with Gasteiger partial charge in [0.1, 0.15) is 0 Å². The molecule has 0 aromatic heterocycles. The Bertz CT molecular complexity index is 404. The number of hydrogen-bond acceptors (Lipinski definition) is 2. The fourth-order valence-electron chi connectivity index (χ4n) is 2.73. The zero-order valence-corrected chi connectivity index (χ0v) is 11.3. The Morgan fingerprint density at radius 2 is 1.65 bits per heavy atom. The molecular weight excluding hydrogens is 212 g/mol. The van der Waals surface area contributed by atoms with Gasteiger partial charge in [-0.25, -0.2) is 0 Å². The zero-order valence-electron chi connectivity index (χ0n) is 11.3. The van der Waals surface area contributed by atoms with Crippen molar-refractivity contribution in [3.63, 3.8) is 0 Å². The minimum absolute atomic E-state index is 0.491. The van der Waals surface area contributed by atoms with Crippen molar-refractivity contribution in [2.24, 2.45) is 0 Å². The predicted molar refractivity (Wildman–Crippen MR) is 69.1 cm³/mol. The van der Waals surface area contributed by atoms with E-state index in [1.807, 2.05) is 0 Å². The van der Waals surface area contributed by atoms with Crippen molar-refractivity contribution in [1.82, 2.24) is 0 Å². The van der Waals surface area contributed by atoms with Crippen LogP contribution in [-0.2, 0) is 15.3 Å². The summed E-state index contributed by atoms with van der Waals surface area (Å²) < 4.78 is 11.9. The van der Waals surface area contributed by atoms with Crippen LogP contribution in [0.1, 0.15) is 42.0 Å². The largest absolute Gasteiger partial charge is 0.343 e. The van der Waals surface area contributed by atoms with Crippen molar-refractivity contribution in [2.45, 2.75) is 46.3 Å². The maximum atomic E-state index is 5.96. The lowest BCUT2D eigenvalue weighted by atomic mass is 9.89. The third-order valence-electron chi connectivity index (χ3n) is 3.66. The van der Waals surface area contributed by atoms with Crippen molar-refractivity contribution in [2.75, 3.05) is 13.2 Å². The van der Waals surface area contributed by atoms with Gasteiger partial charge >= 0.3 is 0 Å². The molecular formula is C15H22O2. The Hall–Kier alpha value is -0.860. The normalized spacial score (nSPS) is 18.6. The first-order chi connectivity index (χ1) is 8.10. The third-order valence-corrected chi connectivity index (χ3v) is 3.66. The molecule has 1 aliphatic rings. The number of hydrogen-bond donors (Lipinski definition) is 0. The van der Waals surface area contributed by atoms with E-state index in [0.717, 1.165) is 12.8 Å². The Morgan fingerprint density at radius 3 is 2.24 bits per heavy atom. The molecule has 1 aliphatic heterocycles. The van der Waals surface area contributed by atoms with Crippen molar-refractivity contribution in [3.05, 3.63) is 34.4 Å². The van der Waals surface area contributed by atoms with Gasteiger partial charge in [0.25, 0.3) is 0 Å². The number of aryl methyl sites for hydroxylation is 2. The molecule has 1 saturated heterocycles. The van der Waals surface area contributed by atoms with E-state index in [1.165, 1.54) is 22.3 Å². The van der Waals surface area contributed by atoms with Crippen LogP contribution in [0.15, 0.2) is 12.1 Å². The molecule has 1 aromatic carbocycles.